The molecular weight excluding hydrogens is 501 g/mol. The Hall–Kier alpha value is -2.58. The number of rotatable bonds is 14. The van der Waals surface area contributed by atoms with Gasteiger partial charge in [-0.3, -0.25) is 4.90 Å². The van der Waals surface area contributed by atoms with Crippen molar-refractivity contribution < 1.29 is 23.0 Å². The van der Waals surface area contributed by atoms with Gasteiger partial charge in [0.2, 0.25) is 0 Å². The minimum absolute atomic E-state index is 0.0939. The number of aliphatic hydroxyl groups is 1. The van der Waals surface area contributed by atoms with Gasteiger partial charge in [0.25, 0.3) is 0 Å². The van der Waals surface area contributed by atoms with E-state index in [1.165, 1.54) is 11.6 Å². The molecule has 0 aromatic heterocycles. The van der Waals surface area contributed by atoms with Crippen LogP contribution in [0, 0.1) is 0 Å². The van der Waals surface area contributed by atoms with Crippen LogP contribution in [0.4, 0.5) is 18.9 Å². The highest BCUT2D eigenvalue weighted by Gasteiger charge is 2.35. The molecule has 3 N–H and O–H groups in total. The normalized spacial score (nSPS) is 12.7. The van der Waals surface area contributed by atoms with Crippen molar-refractivity contribution >= 4 is 17.3 Å². The number of anilines is 1. The smallest absolute Gasteiger partial charge is 0.397 e. The topological polar surface area (TPSA) is 58.7 Å². The van der Waals surface area contributed by atoms with Gasteiger partial charge in [0.1, 0.15) is 0 Å². The van der Waals surface area contributed by atoms with E-state index in [2.05, 4.69) is 12.1 Å². The van der Waals surface area contributed by atoms with Crippen LogP contribution in [0.1, 0.15) is 47.6 Å². The molecule has 0 saturated heterocycles. The standard InChI is InChI=1S/C29H34ClF3N2O2/c30-26-19-24(18-25(28(26)34)29(31,32)33)27(36)21-35(20-23-12-6-2-7-13-23)15-8-3-9-16-37-17-14-22-10-4-1-5-11-22/h1-2,4-7,10-13,18-19,27,36H,3,8-9,14-17,20-21,34H2. The van der Waals surface area contributed by atoms with Gasteiger partial charge in [-0.05, 0) is 61.1 Å². The second kappa shape index (κ2) is 14.4. The Balaban J connectivity index is 1.52. The van der Waals surface area contributed by atoms with Crippen molar-refractivity contribution in [3.8, 4) is 0 Å². The van der Waals surface area contributed by atoms with Crippen LogP contribution in [0.3, 0.4) is 0 Å². The maximum absolute atomic E-state index is 13.4. The average Bonchev–Trinajstić information content (AvgIpc) is 2.87. The molecule has 4 nitrogen and oxygen atoms in total. The van der Waals surface area contributed by atoms with Crippen molar-refractivity contribution in [3.63, 3.8) is 0 Å². The SMILES string of the molecule is Nc1c(Cl)cc(C(O)CN(CCCCCOCCc2ccccc2)Cc2ccccc2)cc1C(F)(F)F. The quantitative estimate of drug-likeness (QED) is 0.174. The van der Waals surface area contributed by atoms with E-state index in [0.717, 1.165) is 37.3 Å². The van der Waals surface area contributed by atoms with Crippen LogP contribution >= 0.6 is 11.6 Å². The second-order valence-electron chi connectivity index (χ2n) is 9.11. The molecule has 0 aliphatic carbocycles. The number of hydrogen-bond acceptors (Lipinski definition) is 4. The van der Waals surface area contributed by atoms with Crippen molar-refractivity contribution in [1.82, 2.24) is 4.90 Å². The van der Waals surface area contributed by atoms with Gasteiger partial charge in [-0.25, -0.2) is 0 Å². The molecule has 1 atom stereocenters. The minimum Gasteiger partial charge on any atom is -0.397 e. The van der Waals surface area contributed by atoms with Crippen molar-refractivity contribution in [2.24, 2.45) is 0 Å². The molecule has 0 heterocycles. The van der Waals surface area contributed by atoms with Gasteiger partial charge >= 0.3 is 6.18 Å². The van der Waals surface area contributed by atoms with Crippen LogP contribution in [0.25, 0.3) is 0 Å². The Morgan fingerprint density at radius 1 is 0.892 bits per heavy atom. The van der Waals surface area contributed by atoms with Crippen LogP contribution in [0.15, 0.2) is 72.8 Å². The largest absolute Gasteiger partial charge is 0.418 e. The fourth-order valence-electron chi connectivity index (χ4n) is 4.15. The molecule has 3 aromatic carbocycles. The van der Waals surface area contributed by atoms with Crippen molar-refractivity contribution in [1.29, 1.82) is 0 Å². The third kappa shape index (κ3) is 9.67. The van der Waals surface area contributed by atoms with Gasteiger partial charge in [0.15, 0.2) is 0 Å². The Morgan fingerprint density at radius 2 is 1.54 bits per heavy atom. The van der Waals surface area contributed by atoms with Crippen molar-refractivity contribution in [3.05, 3.63) is 100 Å². The predicted octanol–water partition coefficient (Wildman–Crippen LogP) is 6.91. The Bertz CT molecular complexity index is 1080. The Morgan fingerprint density at radius 3 is 2.19 bits per heavy atom. The molecular formula is C29H34ClF3N2O2. The van der Waals surface area contributed by atoms with Crippen LogP contribution in [-0.4, -0.2) is 36.3 Å². The summed E-state index contributed by atoms with van der Waals surface area (Å²) in [7, 11) is 0. The minimum atomic E-state index is -4.66. The number of unbranched alkanes of at least 4 members (excludes halogenated alkanes) is 2. The lowest BCUT2D eigenvalue weighted by Crippen LogP contribution is -2.29. The first-order valence-corrected chi connectivity index (χ1v) is 12.8. The highest BCUT2D eigenvalue weighted by Crippen LogP contribution is 2.39. The number of aliphatic hydroxyl groups excluding tert-OH is 1. The van der Waals surface area contributed by atoms with Crippen LogP contribution < -0.4 is 5.73 Å². The zero-order valence-electron chi connectivity index (χ0n) is 20.8. The molecule has 200 valence electrons. The van der Waals surface area contributed by atoms with Gasteiger partial charge in [0, 0.05) is 19.7 Å². The Kier molecular flexibility index (Phi) is 11.3. The summed E-state index contributed by atoms with van der Waals surface area (Å²) in [6, 6.07) is 22.2. The van der Waals surface area contributed by atoms with Crippen LogP contribution in [0.5, 0.6) is 0 Å². The molecule has 0 aliphatic rings. The second-order valence-corrected chi connectivity index (χ2v) is 9.51. The monoisotopic (exact) mass is 534 g/mol. The summed E-state index contributed by atoms with van der Waals surface area (Å²) in [5.41, 5.74) is 6.39. The van der Waals surface area contributed by atoms with Gasteiger partial charge < -0.3 is 15.6 Å². The Labute approximate surface area is 221 Å². The number of alkyl halides is 3. The van der Waals surface area contributed by atoms with Crippen LogP contribution in [0.2, 0.25) is 5.02 Å². The summed E-state index contributed by atoms with van der Waals surface area (Å²) < 4.78 is 45.9. The van der Waals surface area contributed by atoms with E-state index in [4.69, 9.17) is 22.1 Å². The lowest BCUT2D eigenvalue weighted by Gasteiger charge is -2.26. The molecule has 37 heavy (non-hydrogen) atoms. The first-order chi connectivity index (χ1) is 17.7. The molecule has 0 fully saturated rings. The molecule has 1 unspecified atom stereocenters. The first kappa shape index (κ1) is 29.0. The third-order valence-electron chi connectivity index (χ3n) is 6.16. The molecule has 0 radical (unpaired) electrons. The van der Waals surface area contributed by atoms with E-state index >= 15 is 0 Å². The first-order valence-electron chi connectivity index (χ1n) is 12.5. The molecule has 3 rings (SSSR count). The number of ether oxygens (including phenoxy) is 1. The number of nitrogens with two attached hydrogens (primary N) is 1. The van der Waals surface area contributed by atoms with Crippen LogP contribution in [-0.2, 0) is 23.9 Å². The fraction of sp³-hybridized carbons (Fsp3) is 0.379. The maximum Gasteiger partial charge on any atom is 0.418 e. The van der Waals surface area contributed by atoms with E-state index in [9.17, 15) is 18.3 Å². The summed E-state index contributed by atoms with van der Waals surface area (Å²) in [4.78, 5) is 2.05. The molecule has 0 bridgehead atoms. The number of nitrogens with zero attached hydrogens (tertiary/aromatic N) is 1. The lowest BCUT2D eigenvalue weighted by atomic mass is 10.0. The molecule has 0 saturated carbocycles. The zero-order valence-corrected chi connectivity index (χ0v) is 21.5. The summed E-state index contributed by atoms with van der Waals surface area (Å²) in [5, 5.41) is 10.6. The number of halogens is 4. The van der Waals surface area contributed by atoms with E-state index in [0.29, 0.717) is 26.3 Å². The highest BCUT2D eigenvalue weighted by atomic mass is 35.5. The van der Waals surface area contributed by atoms with Gasteiger partial charge in [-0.15, -0.1) is 0 Å². The van der Waals surface area contributed by atoms with Gasteiger partial charge in [-0.1, -0.05) is 72.3 Å². The summed E-state index contributed by atoms with van der Waals surface area (Å²) in [6.07, 6.45) is -2.19. The number of nitrogen functional groups attached to an aromatic ring is 1. The molecule has 3 aromatic rings. The summed E-state index contributed by atoms with van der Waals surface area (Å²) >= 11 is 5.96. The van der Waals surface area contributed by atoms with E-state index in [-0.39, 0.29) is 17.1 Å². The van der Waals surface area contributed by atoms with E-state index in [1.807, 2.05) is 53.4 Å². The summed E-state index contributed by atoms with van der Waals surface area (Å²) in [5.74, 6) is 0. The zero-order chi connectivity index (χ0) is 26.7. The molecule has 0 spiro atoms. The fourth-order valence-corrected chi connectivity index (χ4v) is 4.37. The average molecular weight is 535 g/mol. The maximum atomic E-state index is 13.4. The van der Waals surface area contributed by atoms with Crippen molar-refractivity contribution in [2.45, 2.75) is 44.5 Å². The predicted molar refractivity (Wildman–Crippen MR) is 142 cm³/mol. The molecule has 0 amide bonds. The highest BCUT2D eigenvalue weighted by molar-refractivity contribution is 6.33. The van der Waals surface area contributed by atoms with Gasteiger partial charge in [0.05, 0.1) is 29.0 Å². The lowest BCUT2D eigenvalue weighted by molar-refractivity contribution is -0.137. The van der Waals surface area contributed by atoms with Crippen molar-refractivity contribution in [2.75, 3.05) is 32.0 Å². The van der Waals surface area contributed by atoms with E-state index < -0.39 is 23.5 Å². The molecule has 8 heteroatoms. The number of benzene rings is 3. The summed E-state index contributed by atoms with van der Waals surface area (Å²) in [6.45, 7) is 2.78. The molecule has 0 aliphatic heterocycles. The van der Waals surface area contributed by atoms with E-state index in [1.54, 1.807) is 0 Å². The number of hydrogen-bond donors (Lipinski definition) is 2. The van der Waals surface area contributed by atoms with Gasteiger partial charge in [-0.2, -0.15) is 13.2 Å². The third-order valence-corrected chi connectivity index (χ3v) is 6.48.